The fourth-order valence-corrected chi connectivity index (χ4v) is 3.71. The van der Waals surface area contributed by atoms with Gasteiger partial charge in [0.2, 0.25) is 5.75 Å². The molecule has 0 radical (unpaired) electrons. The summed E-state index contributed by atoms with van der Waals surface area (Å²) in [6.45, 7) is 0. The van der Waals surface area contributed by atoms with Crippen molar-refractivity contribution in [1.82, 2.24) is 0 Å². The van der Waals surface area contributed by atoms with Crippen LogP contribution in [0.25, 0.3) is 12.2 Å². The van der Waals surface area contributed by atoms with Crippen LogP contribution in [0.15, 0.2) is 54.7 Å². The summed E-state index contributed by atoms with van der Waals surface area (Å²) in [5.74, 6) is 1.59. The van der Waals surface area contributed by atoms with Crippen LogP contribution < -0.4 is 33.7 Å². The molecule has 0 fully saturated rings. The van der Waals surface area contributed by atoms with Crippen molar-refractivity contribution < 1.29 is 37.6 Å². The Morgan fingerprint density at radius 2 is 1.26 bits per heavy atom. The zero-order valence-corrected chi connectivity index (χ0v) is 22.1. The topological polar surface area (TPSA) is 84.5 Å². The zero-order chi connectivity index (χ0) is 27.7. The summed E-state index contributed by atoms with van der Waals surface area (Å²) in [6, 6.07) is 11.5. The Balaban J connectivity index is 1.84. The molecule has 0 aliphatic rings. The first-order chi connectivity index (χ1) is 18.4. The molecule has 0 atom stereocenters. The number of ketones is 1. The quantitative estimate of drug-likeness (QED) is 0.180. The van der Waals surface area contributed by atoms with Gasteiger partial charge in [0.05, 0.1) is 48.3 Å². The lowest BCUT2D eigenvalue weighted by Gasteiger charge is -2.13. The first-order valence-corrected chi connectivity index (χ1v) is 11.4. The fraction of sp³-hybridized carbons (Fsp3) is 0.207. The van der Waals surface area contributed by atoms with Gasteiger partial charge in [-0.25, -0.2) is 4.39 Å². The molecule has 0 bridgehead atoms. The maximum absolute atomic E-state index is 14.8. The molecule has 0 saturated carbocycles. The van der Waals surface area contributed by atoms with E-state index in [4.69, 9.17) is 28.4 Å². The minimum absolute atomic E-state index is 0.0122. The van der Waals surface area contributed by atoms with Crippen molar-refractivity contribution in [2.45, 2.75) is 0 Å². The van der Waals surface area contributed by atoms with Gasteiger partial charge < -0.3 is 33.7 Å². The van der Waals surface area contributed by atoms with E-state index in [0.717, 1.165) is 5.56 Å². The lowest BCUT2D eigenvalue weighted by molar-refractivity contribution is 0.104. The maximum Gasteiger partial charge on any atom is 0.203 e. The number of hydrogen-bond acceptors (Lipinski definition) is 8. The summed E-state index contributed by atoms with van der Waals surface area (Å²) in [7, 11) is 8.97. The van der Waals surface area contributed by atoms with Gasteiger partial charge in [0.25, 0.3) is 0 Å². The molecule has 3 rings (SSSR count). The molecule has 3 aromatic carbocycles. The Morgan fingerprint density at radius 1 is 0.684 bits per heavy atom. The van der Waals surface area contributed by atoms with Crippen molar-refractivity contribution >= 4 is 23.6 Å². The number of carbonyl (C=O) groups is 1. The second kappa shape index (κ2) is 13.0. The summed E-state index contributed by atoms with van der Waals surface area (Å²) in [6.07, 6.45) is 6.26. The molecule has 0 saturated heterocycles. The predicted molar refractivity (Wildman–Crippen MR) is 145 cm³/mol. The number of nitrogens with one attached hydrogen (secondary N) is 1. The van der Waals surface area contributed by atoms with E-state index in [0.29, 0.717) is 45.6 Å². The molecule has 0 aromatic heterocycles. The molecule has 8 nitrogen and oxygen atoms in total. The summed E-state index contributed by atoms with van der Waals surface area (Å²) < 4.78 is 46.6. The number of benzene rings is 3. The number of anilines is 1. The van der Waals surface area contributed by atoms with Crippen LogP contribution in [0.1, 0.15) is 21.5 Å². The number of allylic oxidation sites excluding steroid dienone is 1. The second-order valence-electron chi connectivity index (χ2n) is 7.79. The summed E-state index contributed by atoms with van der Waals surface area (Å²) >= 11 is 0. The van der Waals surface area contributed by atoms with Crippen molar-refractivity contribution in [2.24, 2.45) is 0 Å². The second-order valence-corrected chi connectivity index (χ2v) is 7.79. The number of rotatable bonds is 12. The molecule has 0 amide bonds. The van der Waals surface area contributed by atoms with E-state index in [1.54, 1.807) is 48.6 Å². The number of carbonyl (C=O) groups excluding carboxylic acids is 1. The molecule has 3 aromatic rings. The van der Waals surface area contributed by atoms with Crippen molar-refractivity contribution in [2.75, 3.05) is 48.0 Å². The van der Waals surface area contributed by atoms with Gasteiger partial charge in [-0.05, 0) is 53.6 Å². The minimum Gasteiger partial charge on any atom is -0.493 e. The molecular formula is C29H30FNO7. The molecule has 0 aliphatic heterocycles. The van der Waals surface area contributed by atoms with Crippen LogP contribution in [0.3, 0.4) is 0 Å². The van der Waals surface area contributed by atoms with Crippen LogP contribution >= 0.6 is 0 Å². The van der Waals surface area contributed by atoms with Crippen LogP contribution in [0, 0.1) is 5.82 Å². The smallest absolute Gasteiger partial charge is 0.203 e. The Hall–Kier alpha value is -4.66. The van der Waals surface area contributed by atoms with Crippen LogP contribution in [0.4, 0.5) is 10.1 Å². The molecule has 0 aliphatic carbocycles. The van der Waals surface area contributed by atoms with E-state index in [1.807, 2.05) is 0 Å². The van der Waals surface area contributed by atoms with Gasteiger partial charge in [0, 0.05) is 17.8 Å². The molecule has 0 heterocycles. The van der Waals surface area contributed by atoms with Gasteiger partial charge >= 0.3 is 0 Å². The van der Waals surface area contributed by atoms with Gasteiger partial charge in [-0.2, -0.15) is 0 Å². The largest absolute Gasteiger partial charge is 0.493 e. The highest BCUT2D eigenvalue weighted by Crippen LogP contribution is 2.39. The van der Waals surface area contributed by atoms with Crippen molar-refractivity contribution in [1.29, 1.82) is 0 Å². The SMILES string of the molecule is COc1ccc(C(=O)/C=C\Nc2cc(/C=C\c3cc(OC)c(OC)c(OC)c3)cc(F)c2OC)cc1OC. The van der Waals surface area contributed by atoms with Gasteiger partial charge in [0.1, 0.15) is 0 Å². The number of halogens is 1. The Bertz CT molecular complexity index is 1330. The predicted octanol–water partition coefficient (Wildman–Crippen LogP) is 5.86. The van der Waals surface area contributed by atoms with E-state index < -0.39 is 5.82 Å². The van der Waals surface area contributed by atoms with E-state index in [9.17, 15) is 9.18 Å². The molecule has 200 valence electrons. The van der Waals surface area contributed by atoms with Gasteiger partial charge in [0.15, 0.2) is 40.3 Å². The number of hydrogen-bond donors (Lipinski definition) is 1. The summed E-state index contributed by atoms with van der Waals surface area (Å²) in [4.78, 5) is 12.6. The third-order valence-electron chi connectivity index (χ3n) is 5.57. The van der Waals surface area contributed by atoms with E-state index in [-0.39, 0.29) is 11.5 Å². The third-order valence-corrected chi connectivity index (χ3v) is 5.57. The molecule has 0 unspecified atom stereocenters. The normalized spacial score (nSPS) is 10.9. The highest BCUT2D eigenvalue weighted by molar-refractivity contribution is 6.05. The molecule has 0 spiro atoms. The van der Waals surface area contributed by atoms with Crippen molar-refractivity contribution in [3.05, 3.63) is 77.2 Å². The first-order valence-electron chi connectivity index (χ1n) is 11.4. The van der Waals surface area contributed by atoms with Crippen LogP contribution in [0.5, 0.6) is 34.5 Å². The minimum atomic E-state index is -0.568. The number of ether oxygens (including phenoxy) is 6. The third kappa shape index (κ3) is 6.36. The van der Waals surface area contributed by atoms with E-state index >= 15 is 0 Å². The lowest BCUT2D eigenvalue weighted by atomic mass is 10.1. The number of methoxy groups -OCH3 is 6. The van der Waals surface area contributed by atoms with E-state index in [1.165, 1.54) is 61.0 Å². The average molecular weight is 524 g/mol. The van der Waals surface area contributed by atoms with Gasteiger partial charge in [-0.3, -0.25) is 4.79 Å². The van der Waals surface area contributed by atoms with E-state index in [2.05, 4.69) is 5.32 Å². The summed E-state index contributed by atoms with van der Waals surface area (Å²) in [5.41, 5.74) is 2.05. The molecule has 9 heteroatoms. The molecule has 1 N–H and O–H groups in total. The fourth-order valence-electron chi connectivity index (χ4n) is 3.71. The Labute approximate surface area is 221 Å². The van der Waals surface area contributed by atoms with Crippen molar-refractivity contribution in [3.63, 3.8) is 0 Å². The standard InChI is InChI=1S/C29H30FNO7/c1-33-24-10-9-20(17-25(24)34-2)23(32)11-12-31-22-14-18(13-21(30)28(22)37-5)7-8-19-15-26(35-3)29(38-6)27(16-19)36-4/h7-17,31H,1-6H3/b8-7-,12-11-. The zero-order valence-electron chi connectivity index (χ0n) is 22.1. The van der Waals surface area contributed by atoms with Gasteiger partial charge in [-0.1, -0.05) is 12.2 Å². The lowest BCUT2D eigenvalue weighted by Crippen LogP contribution is -2.00. The first kappa shape index (κ1) is 27.9. The average Bonchev–Trinajstić information content (AvgIpc) is 2.94. The maximum atomic E-state index is 14.8. The highest BCUT2D eigenvalue weighted by atomic mass is 19.1. The monoisotopic (exact) mass is 523 g/mol. The van der Waals surface area contributed by atoms with Crippen molar-refractivity contribution in [3.8, 4) is 34.5 Å². The summed E-state index contributed by atoms with van der Waals surface area (Å²) in [5, 5.41) is 2.93. The molecule has 38 heavy (non-hydrogen) atoms. The Kier molecular flexibility index (Phi) is 9.59. The Morgan fingerprint density at radius 3 is 1.82 bits per heavy atom. The van der Waals surface area contributed by atoms with Crippen LogP contribution in [-0.4, -0.2) is 48.4 Å². The highest BCUT2D eigenvalue weighted by Gasteiger charge is 2.14. The van der Waals surface area contributed by atoms with Crippen LogP contribution in [0.2, 0.25) is 0 Å². The van der Waals surface area contributed by atoms with Crippen LogP contribution in [-0.2, 0) is 0 Å². The van der Waals surface area contributed by atoms with Gasteiger partial charge in [-0.15, -0.1) is 0 Å². The molecular weight excluding hydrogens is 493 g/mol.